The number of hydrogen-bond donors (Lipinski definition) is 5. The maximum Gasteiger partial charge on any atom is 0.207 e. The molecule has 12 aromatic rings. The second-order valence-electron chi connectivity index (χ2n) is 14.4. The Bertz CT molecular complexity index is 3640. The molecule has 0 fully saturated rings. The van der Waals surface area contributed by atoms with Crippen molar-refractivity contribution in [1.29, 1.82) is 0 Å². The maximum atomic E-state index is 11.1. The van der Waals surface area contributed by atoms with Gasteiger partial charge in [-0.1, -0.05) is 78.9 Å². The number of aromatic hydroxyl groups is 4. The van der Waals surface area contributed by atoms with E-state index in [0.717, 1.165) is 50.0 Å². The summed E-state index contributed by atoms with van der Waals surface area (Å²) in [5, 5.41) is 39.3. The molecule has 12 rings (SSSR count). The molecule has 0 aliphatic carbocycles. The largest absolute Gasteiger partial charge is 0.507 e. The van der Waals surface area contributed by atoms with Gasteiger partial charge in [-0.15, -0.1) is 0 Å². The van der Waals surface area contributed by atoms with Crippen LogP contribution in [0.25, 0.3) is 77.6 Å². The molecule has 0 spiro atoms. The molecule has 0 saturated carbocycles. The molecular weight excluding hydrogens is 841 g/mol. The van der Waals surface area contributed by atoms with E-state index in [2.05, 4.69) is 39.9 Å². The van der Waals surface area contributed by atoms with Crippen molar-refractivity contribution in [3.63, 3.8) is 0 Å². The average Bonchev–Trinajstić information content (AvgIpc) is 3.38. The molecule has 13 nitrogen and oxygen atoms in total. The van der Waals surface area contributed by atoms with Crippen LogP contribution in [0.15, 0.2) is 218 Å². The molecule has 0 saturated heterocycles. The van der Waals surface area contributed by atoms with E-state index in [4.69, 9.17) is 0 Å². The van der Waals surface area contributed by atoms with E-state index >= 15 is 0 Å². The van der Waals surface area contributed by atoms with Crippen molar-refractivity contribution in [3.05, 3.63) is 223 Å². The molecule has 0 bridgehead atoms. The second kappa shape index (κ2) is 21.2. The number of aromatic nitrogens is 8. The van der Waals surface area contributed by atoms with Gasteiger partial charge in [-0.3, -0.25) is 19.7 Å². The van der Waals surface area contributed by atoms with Crippen LogP contribution < -0.4 is 5.43 Å². The Labute approximate surface area is 382 Å². The van der Waals surface area contributed by atoms with E-state index in [1.54, 1.807) is 85.6 Å². The van der Waals surface area contributed by atoms with Gasteiger partial charge >= 0.3 is 0 Å². The van der Waals surface area contributed by atoms with E-state index in [1.807, 2.05) is 121 Å². The fraction of sp³-hybridized carbons (Fsp3) is 0. The van der Waals surface area contributed by atoms with E-state index < -0.39 is 0 Å². The number of phenols is 4. The minimum Gasteiger partial charge on any atom is -0.507 e. The summed E-state index contributed by atoms with van der Waals surface area (Å²) in [5.41, 5.74) is 9.46. The van der Waals surface area contributed by atoms with Crippen molar-refractivity contribution in [1.82, 2.24) is 39.9 Å². The number of nitrogens with zero attached hydrogens (tertiary/aromatic N) is 7. The van der Waals surface area contributed by atoms with Crippen LogP contribution in [0.3, 0.4) is 0 Å². The van der Waals surface area contributed by atoms with Crippen LogP contribution >= 0.6 is 0 Å². The summed E-state index contributed by atoms with van der Waals surface area (Å²) in [4.78, 5) is 43.4. The third-order valence-corrected chi connectivity index (χ3v) is 9.96. The van der Waals surface area contributed by atoms with Crippen LogP contribution in [0, 0.1) is 0 Å². The van der Waals surface area contributed by atoms with Gasteiger partial charge in [0, 0.05) is 53.6 Å². The molecule has 13 heteroatoms. The lowest BCUT2D eigenvalue weighted by atomic mass is 10.1. The smallest absolute Gasteiger partial charge is 0.207 e. The van der Waals surface area contributed by atoms with Crippen LogP contribution in [-0.4, -0.2) is 60.3 Å². The number of rotatable bonds is 2. The molecule has 67 heavy (non-hydrogen) atoms. The van der Waals surface area contributed by atoms with Crippen LogP contribution in [-0.2, 0) is 0 Å². The summed E-state index contributed by atoms with van der Waals surface area (Å²) in [6.07, 6.45) is 8.09. The van der Waals surface area contributed by atoms with Crippen LogP contribution in [0.1, 0.15) is 0 Å². The molecule has 6 heterocycles. The van der Waals surface area contributed by atoms with Gasteiger partial charge in [0.15, 0.2) is 0 Å². The van der Waals surface area contributed by atoms with E-state index in [-0.39, 0.29) is 28.4 Å². The summed E-state index contributed by atoms with van der Waals surface area (Å²) < 4.78 is 0. The Morgan fingerprint density at radius 2 is 0.910 bits per heavy atom. The lowest BCUT2D eigenvalue weighted by Gasteiger charge is -2.04. The first-order chi connectivity index (χ1) is 32.8. The molecule has 6 aromatic heterocycles. The topological polar surface area (TPSA) is 204 Å². The molecule has 0 aliphatic rings. The van der Waals surface area contributed by atoms with Crippen molar-refractivity contribution in [2.24, 2.45) is 0 Å². The SMILES string of the molecule is O=c1cc[nH]c2cccnc12.Oc1cccc2nc3ccccc3nc12.Oc1cccc2nccnc12.Oc1ccccc1-c1ccc2ccccc2n1.Oc1ccccc1-c1ccccn1. The van der Waals surface area contributed by atoms with Gasteiger partial charge in [0.25, 0.3) is 0 Å². The summed E-state index contributed by atoms with van der Waals surface area (Å²) in [6, 6.07) is 55.0. The second-order valence-corrected chi connectivity index (χ2v) is 14.4. The zero-order valence-corrected chi connectivity index (χ0v) is 35.5. The highest BCUT2D eigenvalue weighted by Crippen LogP contribution is 2.29. The van der Waals surface area contributed by atoms with Crippen LogP contribution in [0.5, 0.6) is 23.0 Å². The minimum absolute atomic E-state index is 0.0423. The first kappa shape index (κ1) is 44.0. The molecule has 0 amide bonds. The Morgan fingerprint density at radius 1 is 0.343 bits per heavy atom. The highest BCUT2D eigenvalue weighted by Gasteiger charge is 2.07. The average molecular weight is 881 g/mol. The standard InChI is InChI=1S/C15H11NO.C12H8N2O.C11H9NO.2C8H6N2O/c17-15-8-4-2-6-12(15)14-10-9-11-5-1-3-7-13(11)16-14;15-11-7-3-6-10-12(11)14-9-5-2-1-4-8(9)13-10;13-11-7-2-1-5-9(11)10-6-3-4-8-12-10;11-7-3-5-9-6-2-1-4-10-8(6)7;11-7-3-1-2-6-8(7)10-5-4-9-6/h1-10,17H;1-7,15H;1-8,13H;1-5H,(H,9,11);1-5,11H. The maximum absolute atomic E-state index is 11.1. The van der Waals surface area contributed by atoms with Gasteiger partial charge in [-0.25, -0.2) is 19.9 Å². The van der Waals surface area contributed by atoms with Crippen molar-refractivity contribution in [3.8, 4) is 45.5 Å². The van der Waals surface area contributed by atoms with E-state index in [9.17, 15) is 25.2 Å². The normalized spacial score (nSPS) is 10.4. The molecule has 0 radical (unpaired) electrons. The van der Waals surface area contributed by atoms with E-state index in [0.29, 0.717) is 27.6 Å². The zero-order valence-electron chi connectivity index (χ0n) is 35.5. The van der Waals surface area contributed by atoms with Crippen molar-refractivity contribution in [2.75, 3.05) is 0 Å². The van der Waals surface area contributed by atoms with Crippen molar-refractivity contribution >= 4 is 55.0 Å². The Hall–Kier alpha value is -9.62. The number of pyridine rings is 4. The molecule has 326 valence electrons. The Morgan fingerprint density at radius 3 is 1.61 bits per heavy atom. The fourth-order valence-electron chi connectivity index (χ4n) is 6.73. The zero-order chi connectivity index (χ0) is 46.4. The van der Waals surface area contributed by atoms with Gasteiger partial charge in [-0.2, -0.15) is 0 Å². The third kappa shape index (κ3) is 11.0. The van der Waals surface area contributed by atoms with Gasteiger partial charge in [0.1, 0.15) is 39.5 Å². The summed E-state index contributed by atoms with van der Waals surface area (Å²) in [7, 11) is 0. The lowest BCUT2D eigenvalue weighted by Crippen LogP contribution is -2.01. The summed E-state index contributed by atoms with van der Waals surface area (Å²) in [5.74, 6) is 0.873. The highest BCUT2D eigenvalue weighted by molar-refractivity contribution is 5.89. The molecule has 6 aromatic carbocycles. The first-order valence-electron chi connectivity index (χ1n) is 20.8. The number of para-hydroxylation sites is 7. The summed E-state index contributed by atoms with van der Waals surface area (Å²) in [6.45, 7) is 0. The number of aromatic amines is 1. The summed E-state index contributed by atoms with van der Waals surface area (Å²) >= 11 is 0. The highest BCUT2D eigenvalue weighted by atomic mass is 16.3. The minimum atomic E-state index is -0.0423. The van der Waals surface area contributed by atoms with Crippen LogP contribution in [0.4, 0.5) is 0 Å². The van der Waals surface area contributed by atoms with Gasteiger partial charge in [0.2, 0.25) is 5.43 Å². The van der Waals surface area contributed by atoms with Gasteiger partial charge in [-0.05, 0) is 97.1 Å². The molecule has 0 atom stereocenters. The number of fused-ring (bicyclic) bond motifs is 5. The molecule has 0 aliphatic heterocycles. The van der Waals surface area contributed by atoms with E-state index in [1.165, 1.54) is 6.07 Å². The molecule has 0 unspecified atom stereocenters. The fourth-order valence-corrected chi connectivity index (χ4v) is 6.73. The number of benzene rings is 6. The Balaban J connectivity index is 0.000000115. The number of phenolic OH excluding ortho intramolecular Hbond substituents is 4. The number of H-pyrrole nitrogens is 1. The number of hydrogen-bond acceptors (Lipinski definition) is 12. The van der Waals surface area contributed by atoms with Crippen molar-refractivity contribution in [2.45, 2.75) is 0 Å². The molecular formula is C54H40N8O5. The molecule has 5 N–H and O–H groups in total. The first-order valence-corrected chi connectivity index (χ1v) is 20.8. The quantitative estimate of drug-likeness (QED) is 0.103. The predicted octanol–water partition coefficient (Wildman–Crippen LogP) is 10.8. The third-order valence-electron chi connectivity index (χ3n) is 9.96. The van der Waals surface area contributed by atoms with Gasteiger partial charge in [0.05, 0.1) is 44.5 Å². The monoisotopic (exact) mass is 880 g/mol. The van der Waals surface area contributed by atoms with Crippen LogP contribution in [0.2, 0.25) is 0 Å². The Kier molecular flexibility index (Phi) is 13.9. The van der Waals surface area contributed by atoms with Gasteiger partial charge < -0.3 is 25.4 Å². The number of nitrogens with one attached hydrogen (secondary N) is 1. The van der Waals surface area contributed by atoms with Crippen molar-refractivity contribution < 1.29 is 20.4 Å². The lowest BCUT2D eigenvalue weighted by molar-refractivity contribution is 0.476. The predicted molar refractivity (Wildman–Crippen MR) is 262 cm³/mol.